The summed E-state index contributed by atoms with van der Waals surface area (Å²) in [5, 5.41) is 9.39. The van der Waals surface area contributed by atoms with Gasteiger partial charge in [0.2, 0.25) is 11.7 Å². The van der Waals surface area contributed by atoms with E-state index < -0.39 is 30.1 Å². The molecule has 1 aliphatic heterocycles. The standard InChI is InChI=1S/C19H24F3N5O3/c1-29-12-10-23-8-9-24-17(28)27-11-7-18(13-27,19(20,21)22)16-25-15(26-30-16)14-5-3-2-4-6-14/h2-6,23H,7-13H2,1H3,(H,24,28). The maximum atomic E-state index is 14.1. The Labute approximate surface area is 171 Å². The van der Waals surface area contributed by atoms with E-state index >= 15 is 0 Å². The fourth-order valence-electron chi connectivity index (χ4n) is 3.30. The Morgan fingerprint density at radius 3 is 2.73 bits per heavy atom. The molecule has 1 saturated heterocycles. The van der Waals surface area contributed by atoms with E-state index in [4.69, 9.17) is 9.26 Å². The number of carbonyl (C=O) groups excluding carboxylic acids is 1. The van der Waals surface area contributed by atoms with Crippen molar-refractivity contribution in [3.8, 4) is 11.4 Å². The van der Waals surface area contributed by atoms with Crippen molar-refractivity contribution in [3.63, 3.8) is 0 Å². The van der Waals surface area contributed by atoms with Gasteiger partial charge in [-0.15, -0.1) is 0 Å². The van der Waals surface area contributed by atoms with Gasteiger partial charge in [-0.1, -0.05) is 35.5 Å². The fourth-order valence-corrected chi connectivity index (χ4v) is 3.30. The average molecular weight is 427 g/mol. The van der Waals surface area contributed by atoms with E-state index in [2.05, 4.69) is 20.8 Å². The summed E-state index contributed by atoms with van der Waals surface area (Å²) in [5.41, 5.74) is -1.83. The largest absolute Gasteiger partial charge is 0.405 e. The highest BCUT2D eigenvalue weighted by atomic mass is 19.4. The smallest absolute Gasteiger partial charge is 0.383 e. The number of urea groups is 1. The second kappa shape index (κ2) is 9.43. The molecule has 30 heavy (non-hydrogen) atoms. The minimum atomic E-state index is -4.65. The molecule has 1 fully saturated rings. The van der Waals surface area contributed by atoms with Gasteiger partial charge in [-0.05, 0) is 6.42 Å². The summed E-state index contributed by atoms with van der Waals surface area (Å²) in [6, 6.07) is 8.06. The molecule has 1 aromatic heterocycles. The average Bonchev–Trinajstić information content (AvgIpc) is 3.39. The summed E-state index contributed by atoms with van der Waals surface area (Å²) in [7, 11) is 1.58. The van der Waals surface area contributed by atoms with Gasteiger partial charge in [0.15, 0.2) is 5.41 Å². The highest BCUT2D eigenvalue weighted by Gasteiger charge is 2.63. The molecule has 0 saturated carbocycles. The number of ether oxygens (including phenoxy) is 1. The van der Waals surface area contributed by atoms with Crippen LogP contribution in [-0.4, -0.2) is 73.7 Å². The predicted octanol–water partition coefficient (Wildman–Crippen LogP) is 2.19. The van der Waals surface area contributed by atoms with Gasteiger partial charge >= 0.3 is 12.2 Å². The molecule has 164 valence electrons. The van der Waals surface area contributed by atoms with Gasteiger partial charge in [0.25, 0.3) is 0 Å². The van der Waals surface area contributed by atoms with Crippen molar-refractivity contribution in [2.45, 2.75) is 18.0 Å². The number of hydrogen-bond acceptors (Lipinski definition) is 6. The molecule has 1 unspecified atom stereocenters. The van der Waals surface area contributed by atoms with Crippen LogP contribution in [0.3, 0.4) is 0 Å². The number of nitrogens with zero attached hydrogens (tertiary/aromatic N) is 3. The van der Waals surface area contributed by atoms with E-state index in [0.717, 1.165) is 4.90 Å². The number of nitrogens with one attached hydrogen (secondary N) is 2. The van der Waals surface area contributed by atoms with Gasteiger partial charge in [-0.3, -0.25) is 0 Å². The number of carbonyl (C=O) groups is 1. The number of aromatic nitrogens is 2. The first kappa shape index (κ1) is 22.0. The van der Waals surface area contributed by atoms with Crippen LogP contribution in [0.2, 0.25) is 0 Å². The minimum Gasteiger partial charge on any atom is -0.383 e. The lowest BCUT2D eigenvalue weighted by atomic mass is 9.86. The van der Waals surface area contributed by atoms with E-state index in [0.29, 0.717) is 25.3 Å². The van der Waals surface area contributed by atoms with Crippen LogP contribution in [0.25, 0.3) is 11.4 Å². The van der Waals surface area contributed by atoms with Crippen molar-refractivity contribution in [1.29, 1.82) is 0 Å². The maximum Gasteiger partial charge on any atom is 0.405 e. The molecule has 2 N–H and O–H groups in total. The van der Waals surface area contributed by atoms with Crippen molar-refractivity contribution >= 4 is 6.03 Å². The highest BCUT2D eigenvalue weighted by molar-refractivity contribution is 5.74. The summed E-state index contributed by atoms with van der Waals surface area (Å²) in [6.07, 6.45) is -4.99. The lowest BCUT2D eigenvalue weighted by molar-refractivity contribution is -0.193. The van der Waals surface area contributed by atoms with E-state index in [1.807, 2.05) is 0 Å². The predicted molar refractivity (Wildman–Crippen MR) is 102 cm³/mol. The normalized spacial score (nSPS) is 19.3. The molecule has 1 atom stereocenters. The quantitative estimate of drug-likeness (QED) is 0.628. The molecular weight excluding hydrogens is 403 g/mol. The number of benzene rings is 1. The number of halogens is 3. The molecule has 2 aromatic rings. The highest BCUT2D eigenvalue weighted by Crippen LogP contribution is 2.47. The Morgan fingerprint density at radius 2 is 2.03 bits per heavy atom. The zero-order valence-corrected chi connectivity index (χ0v) is 16.5. The van der Waals surface area contributed by atoms with Crippen molar-refractivity contribution < 1.29 is 27.2 Å². The third-order valence-corrected chi connectivity index (χ3v) is 5.03. The van der Waals surface area contributed by atoms with E-state index in [1.54, 1.807) is 37.4 Å². The Balaban J connectivity index is 1.68. The molecule has 0 spiro atoms. The molecule has 0 aliphatic carbocycles. The van der Waals surface area contributed by atoms with E-state index in [-0.39, 0.29) is 25.3 Å². The number of rotatable bonds is 8. The maximum absolute atomic E-state index is 14.1. The minimum absolute atomic E-state index is 0.0640. The molecule has 1 aliphatic rings. The van der Waals surface area contributed by atoms with E-state index in [1.165, 1.54) is 0 Å². The molecule has 2 heterocycles. The Morgan fingerprint density at radius 1 is 1.27 bits per heavy atom. The summed E-state index contributed by atoms with van der Waals surface area (Å²) >= 11 is 0. The summed E-state index contributed by atoms with van der Waals surface area (Å²) in [6.45, 7) is 1.28. The first-order chi connectivity index (χ1) is 14.4. The van der Waals surface area contributed by atoms with Crippen LogP contribution in [-0.2, 0) is 10.2 Å². The molecule has 0 bridgehead atoms. The van der Waals surface area contributed by atoms with Gasteiger partial charge < -0.3 is 24.8 Å². The molecule has 0 radical (unpaired) electrons. The van der Waals surface area contributed by atoms with Gasteiger partial charge in [0.05, 0.1) is 6.61 Å². The summed E-state index contributed by atoms with van der Waals surface area (Å²) in [5.74, 6) is -0.440. The third-order valence-electron chi connectivity index (χ3n) is 5.03. The number of amides is 2. The zero-order chi connectivity index (χ0) is 21.6. The molecule has 1 aromatic carbocycles. The third kappa shape index (κ3) is 4.73. The van der Waals surface area contributed by atoms with Gasteiger partial charge in [-0.25, -0.2) is 4.79 Å². The molecular formula is C19H24F3N5O3. The number of methoxy groups -OCH3 is 1. The lowest BCUT2D eigenvalue weighted by Gasteiger charge is -2.28. The number of hydrogen-bond donors (Lipinski definition) is 2. The van der Waals surface area contributed by atoms with Crippen molar-refractivity contribution in [2.75, 3.05) is 46.4 Å². The SMILES string of the molecule is COCCNCCNC(=O)N1CCC(c2nc(-c3ccccc3)no2)(C(F)(F)F)C1. The molecule has 2 amide bonds. The van der Waals surface area contributed by atoms with Gasteiger partial charge in [0.1, 0.15) is 0 Å². The summed E-state index contributed by atoms with van der Waals surface area (Å²) < 4.78 is 52.1. The second-order valence-corrected chi connectivity index (χ2v) is 7.02. The molecule has 8 nitrogen and oxygen atoms in total. The topological polar surface area (TPSA) is 92.5 Å². The van der Waals surface area contributed by atoms with E-state index in [9.17, 15) is 18.0 Å². The van der Waals surface area contributed by atoms with Crippen LogP contribution in [0.15, 0.2) is 34.9 Å². The van der Waals surface area contributed by atoms with Gasteiger partial charge in [0, 0.05) is 45.4 Å². The fraction of sp³-hybridized carbons (Fsp3) is 0.526. The lowest BCUT2D eigenvalue weighted by Crippen LogP contribution is -2.48. The van der Waals surface area contributed by atoms with Crippen LogP contribution in [0, 0.1) is 0 Å². The number of alkyl halides is 3. The van der Waals surface area contributed by atoms with Crippen LogP contribution >= 0.6 is 0 Å². The van der Waals surface area contributed by atoms with Gasteiger partial charge in [-0.2, -0.15) is 18.2 Å². The molecule has 3 rings (SSSR count). The van der Waals surface area contributed by atoms with Crippen LogP contribution in [0.4, 0.5) is 18.0 Å². The molecule has 11 heteroatoms. The first-order valence-electron chi connectivity index (χ1n) is 9.56. The Bertz CT molecular complexity index is 830. The van der Waals surface area contributed by atoms with Crippen LogP contribution in [0.5, 0.6) is 0 Å². The summed E-state index contributed by atoms with van der Waals surface area (Å²) in [4.78, 5) is 17.5. The number of likely N-dealkylation sites (tertiary alicyclic amines) is 1. The van der Waals surface area contributed by atoms with Crippen molar-refractivity contribution in [1.82, 2.24) is 25.7 Å². The first-order valence-corrected chi connectivity index (χ1v) is 9.56. The van der Waals surface area contributed by atoms with Crippen LogP contribution in [0.1, 0.15) is 12.3 Å². The van der Waals surface area contributed by atoms with Crippen molar-refractivity contribution in [2.24, 2.45) is 0 Å². The monoisotopic (exact) mass is 427 g/mol. The second-order valence-electron chi connectivity index (χ2n) is 7.02. The van der Waals surface area contributed by atoms with Crippen molar-refractivity contribution in [3.05, 3.63) is 36.2 Å². The Hall–Kier alpha value is -2.66. The Kier molecular flexibility index (Phi) is 6.93. The van der Waals surface area contributed by atoms with Crippen LogP contribution < -0.4 is 10.6 Å². The zero-order valence-electron chi connectivity index (χ0n) is 16.5.